The Morgan fingerprint density at radius 3 is 1.41 bits per heavy atom. The summed E-state index contributed by atoms with van der Waals surface area (Å²) in [7, 11) is 0. The van der Waals surface area contributed by atoms with Crippen LogP contribution in [-0.4, -0.2) is 21.8 Å². The number of anilines is 1. The van der Waals surface area contributed by atoms with Gasteiger partial charge in [-0.2, -0.15) is 0 Å². The molecule has 2 atom stereocenters. The topological polar surface area (TPSA) is 63.2 Å². The minimum atomic E-state index is -0.345. The van der Waals surface area contributed by atoms with Crippen LogP contribution in [0, 0.1) is 11.8 Å². The van der Waals surface area contributed by atoms with Gasteiger partial charge in [0.15, 0.2) is 0 Å². The highest BCUT2D eigenvalue weighted by Crippen LogP contribution is 2.41. The highest BCUT2D eigenvalue weighted by molar-refractivity contribution is 6.22. The van der Waals surface area contributed by atoms with Crippen molar-refractivity contribution in [1.29, 1.82) is 0 Å². The lowest BCUT2D eigenvalue weighted by Gasteiger charge is -2.24. The second kappa shape index (κ2) is 8.49. The molecule has 2 heterocycles. The van der Waals surface area contributed by atoms with Crippen molar-refractivity contribution in [3.63, 3.8) is 0 Å². The van der Waals surface area contributed by atoms with Crippen molar-refractivity contribution in [2.75, 3.05) is 4.90 Å². The van der Waals surface area contributed by atoms with Gasteiger partial charge in [0.2, 0.25) is 11.8 Å². The van der Waals surface area contributed by atoms with E-state index in [1.165, 1.54) is 4.90 Å². The van der Waals surface area contributed by atoms with Gasteiger partial charge in [0.05, 0.1) is 39.9 Å². The smallest absolute Gasteiger partial charge is 0.238 e. The fraction of sp³-hybridized carbons (Fsp3) is 0.125. The van der Waals surface area contributed by atoms with E-state index in [4.69, 9.17) is 9.97 Å². The molecule has 1 saturated heterocycles. The van der Waals surface area contributed by atoms with E-state index in [1.54, 1.807) is 0 Å². The number of nitrogens with zero attached hydrogens (tertiary/aromatic N) is 3. The molecular weight excluding hydrogens is 458 g/mol. The predicted octanol–water partition coefficient (Wildman–Crippen LogP) is 5.87. The van der Waals surface area contributed by atoms with Crippen LogP contribution in [0.4, 0.5) is 5.69 Å². The molecule has 2 aliphatic rings. The second-order valence-corrected chi connectivity index (χ2v) is 9.73. The van der Waals surface area contributed by atoms with Gasteiger partial charge in [-0.15, -0.1) is 0 Å². The minimum absolute atomic E-state index is 0.109. The molecule has 4 aromatic carbocycles. The van der Waals surface area contributed by atoms with Crippen LogP contribution in [0.25, 0.3) is 33.5 Å². The Kier molecular flexibility index (Phi) is 4.96. The van der Waals surface area contributed by atoms with Gasteiger partial charge in [-0.1, -0.05) is 78.9 Å². The summed E-state index contributed by atoms with van der Waals surface area (Å²) in [6.07, 6.45) is 1.07. The quantitative estimate of drug-likeness (QED) is 0.303. The summed E-state index contributed by atoms with van der Waals surface area (Å²) in [5.41, 5.74) is 8.05. The lowest BCUT2D eigenvalue weighted by Crippen LogP contribution is -2.30. The number of aromatic nitrogens is 2. The Morgan fingerprint density at radius 2 is 0.973 bits per heavy atom. The molecule has 0 saturated carbocycles. The second-order valence-electron chi connectivity index (χ2n) is 9.73. The number of hydrogen-bond donors (Lipinski definition) is 0. The molecule has 1 aromatic heterocycles. The molecule has 5 nitrogen and oxygen atoms in total. The number of imide groups is 1. The third kappa shape index (κ3) is 3.54. The van der Waals surface area contributed by atoms with Gasteiger partial charge in [-0.05, 0) is 48.2 Å². The van der Waals surface area contributed by atoms with Gasteiger partial charge in [-0.3, -0.25) is 14.5 Å². The summed E-state index contributed by atoms with van der Waals surface area (Å²) in [4.78, 5) is 38.2. The molecule has 1 fully saturated rings. The van der Waals surface area contributed by atoms with Gasteiger partial charge in [0, 0.05) is 11.1 Å². The van der Waals surface area contributed by atoms with Gasteiger partial charge < -0.3 is 0 Å². The summed E-state index contributed by atoms with van der Waals surface area (Å²) in [5, 5.41) is 0. The summed E-state index contributed by atoms with van der Waals surface area (Å²) in [6.45, 7) is 0. The van der Waals surface area contributed by atoms with Crippen molar-refractivity contribution in [3.05, 3.63) is 114 Å². The van der Waals surface area contributed by atoms with E-state index in [1.807, 2.05) is 91.0 Å². The first-order chi connectivity index (χ1) is 18.2. The Labute approximate surface area is 214 Å². The monoisotopic (exact) mass is 481 g/mol. The zero-order chi connectivity index (χ0) is 24.9. The fourth-order valence-corrected chi connectivity index (χ4v) is 5.71. The van der Waals surface area contributed by atoms with E-state index in [9.17, 15) is 9.59 Å². The maximum Gasteiger partial charge on any atom is 0.238 e. The first kappa shape index (κ1) is 21.6. The molecule has 0 radical (unpaired) electrons. The molecule has 5 heteroatoms. The molecule has 37 heavy (non-hydrogen) atoms. The van der Waals surface area contributed by atoms with Crippen molar-refractivity contribution < 1.29 is 9.59 Å². The number of amides is 2. The summed E-state index contributed by atoms with van der Waals surface area (Å²) >= 11 is 0. The fourth-order valence-electron chi connectivity index (χ4n) is 5.71. The Morgan fingerprint density at radius 1 is 0.568 bits per heavy atom. The number of fused-ring (bicyclic) bond motifs is 3. The molecule has 0 bridgehead atoms. The molecule has 2 amide bonds. The van der Waals surface area contributed by atoms with Crippen molar-refractivity contribution >= 4 is 28.5 Å². The van der Waals surface area contributed by atoms with Crippen LogP contribution in [0.3, 0.4) is 0 Å². The summed E-state index contributed by atoms with van der Waals surface area (Å²) in [5.74, 6) is -0.907. The average molecular weight is 482 g/mol. The van der Waals surface area contributed by atoms with Crippen LogP contribution in [0.1, 0.15) is 11.1 Å². The highest BCUT2D eigenvalue weighted by Gasteiger charge is 2.50. The molecule has 1 aliphatic heterocycles. The van der Waals surface area contributed by atoms with Crippen molar-refractivity contribution in [2.24, 2.45) is 11.8 Å². The van der Waals surface area contributed by atoms with Gasteiger partial charge in [0.1, 0.15) is 0 Å². The minimum Gasteiger partial charge on any atom is -0.274 e. The van der Waals surface area contributed by atoms with E-state index >= 15 is 0 Å². The highest BCUT2D eigenvalue weighted by atomic mass is 16.2. The Hall–Kier alpha value is -4.64. The number of carbonyl (C=O) groups excluding carboxylic acids is 2. The van der Waals surface area contributed by atoms with Crippen molar-refractivity contribution in [2.45, 2.75) is 12.8 Å². The van der Waals surface area contributed by atoms with E-state index in [0.29, 0.717) is 18.5 Å². The van der Waals surface area contributed by atoms with E-state index in [2.05, 4.69) is 12.1 Å². The molecule has 0 N–H and O–H groups in total. The molecule has 5 aromatic rings. The first-order valence-corrected chi connectivity index (χ1v) is 12.5. The SMILES string of the molecule is O=C1[C@H]2Cc3cc4nc(-c5ccccc5)c(-c5ccccc5)nc4cc3C[C@H]2C(=O)N1c1ccccc1. The zero-order valence-electron chi connectivity index (χ0n) is 20.0. The maximum atomic E-state index is 13.3. The summed E-state index contributed by atoms with van der Waals surface area (Å²) < 4.78 is 0. The van der Waals surface area contributed by atoms with Crippen LogP contribution in [0.5, 0.6) is 0 Å². The third-order valence-corrected chi connectivity index (χ3v) is 7.53. The van der Waals surface area contributed by atoms with Crippen LogP contribution in [0.2, 0.25) is 0 Å². The molecule has 0 unspecified atom stereocenters. The third-order valence-electron chi connectivity index (χ3n) is 7.53. The van der Waals surface area contributed by atoms with Gasteiger partial charge in [-0.25, -0.2) is 9.97 Å². The van der Waals surface area contributed by atoms with E-state index in [0.717, 1.165) is 44.7 Å². The number of hydrogen-bond acceptors (Lipinski definition) is 4. The zero-order valence-corrected chi connectivity index (χ0v) is 20.0. The van der Waals surface area contributed by atoms with Crippen molar-refractivity contribution in [3.8, 4) is 22.5 Å². The number of carbonyl (C=O) groups is 2. The van der Waals surface area contributed by atoms with Crippen LogP contribution < -0.4 is 4.90 Å². The molecular formula is C32H23N3O2. The molecule has 0 spiro atoms. The van der Waals surface area contributed by atoms with Gasteiger partial charge >= 0.3 is 0 Å². The standard InChI is InChI=1S/C32H23N3O2/c36-31-25-16-22-18-27-28(19-23(22)17-26(25)32(37)35(31)24-14-8-3-9-15-24)34-30(21-12-6-2-7-13-21)29(33-27)20-10-4-1-5-11-20/h1-15,18-19,25-26H,16-17H2/t25-,26+. The maximum absolute atomic E-state index is 13.3. The van der Waals surface area contributed by atoms with Crippen LogP contribution >= 0.6 is 0 Å². The molecule has 178 valence electrons. The molecule has 7 rings (SSSR count). The Balaban J connectivity index is 1.34. The van der Waals surface area contributed by atoms with Crippen molar-refractivity contribution in [1.82, 2.24) is 9.97 Å². The number of para-hydroxylation sites is 1. The van der Waals surface area contributed by atoms with Crippen LogP contribution in [0.15, 0.2) is 103 Å². The summed E-state index contributed by atoms with van der Waals surface area (Å²) in [6, 6.07) is 33.6. The molecule has 1 aliphatic carbocycles. The number of rotatable bonds is 3. The normalized spacial score (nSPS) is 18.6. The van der Waals surface area contributed by atoms with Gasteiger partial charge in [0.25, 0.3) is 0 Å². The Bertz CT molecular complexity index is 1560. The first-order valence-electron chi connectivity index (χ1n) is 12.5. The number of benzene rings is 4. The van der Waals surface area contributed by atoms with E-state index < -0.39 is 0 Å². The lowest BCUT2D eigenvalue weighted by molar-refractivity contribution is -0.122. The average Bonchev–Trinajstić information content (AvgIpc) is 3.19. The lowest BCUT2D eigenvalue weighted by atomic mass is 9.77. The van der Waals surface area contributed by atoms with E-state index in [-0.39, 0.29) is 23.7 Å². The largest absolute Gasteiger partial charge is 0.274 e. The van der Waals surface area contributed by atoms with Crippen LogP contribution in [-0.2, 0) is 22.4 Å². The predicted molar refractivity (Wildman–Crippen MR) is 144 cm³/mol.